The van der Waals surface area contributed by atoms with E-state index in [1.165, 1.54) is 11.8 Å². The van der Waals surface area contributed by atoms with Crippen LogP contribution in [-0.2, 0) is 4.74 Å². The fourth-order valence-corrected chi connectivity index (χ4v) is 1.63. The molecular formula is C18H16O2. The van der Waals surface area contributed by atoms with Crippen LogP contribution < -0.4 is 0 Å². The molecule has 2 nitrogen and oxygen atoms in total. The summed E-state index contributed by atoms with van der Waals surface area (Å²) in [6, 6.07) is 17.1. The average Bonchev–Trinajstić information content (AvgIpc) is 2.49. The van der Waals surface area contributed by atoms with E-state index in [2.05, 4.69) is 19.1 Å². The molecule has 0 unspecified atom stereocenters. The van der Waals surface area contributed by atoms with Crippen molar-refractivity contribution in [1.29, 1.82) is 0 Å². The maximum Gasteiger partial charge on any atom is 0.342 e. The number of hydrogen-bond acceptors (Lipinski definition) is 2. The van der Waals surface area contributed by atoms with Crippen LogP contribution in [0.15, 0.2) is 73.0 Å². The molecule has 0 saturated carbocycles. The number of benzene rings is 2. The molecule has 0 radical (unpaired) electrons. The first-order chi connectivity index (χ1) is 9.75. The Morgan fingerprint density at radius 2 is 1.65 bits per heavy atom. The van der Waals surface area contributed by atoms with E-state index in [-0.39, 0.29) is 5.97 Å². The molecule has 0 aliphatic heterocycles. The van der Waals surface area contributed by atoms with Crippen molar-refractivity contribution in [3.63, 3.8) is 0 Å². The summed E-state index contributed by atoms with van der Waals surface area (Å²) in [5, 5.41) is 0. The second kappa shape index (κ2) is 7.10. The molecule has 100 valence electrons. The molecule has 2 aromatic rings. The Kier molecular flexibility index (Phi) is 4.90. The lowest BCUT2D eigenvalue weighted by Crippen LogP contribution is -1.99. The zero-order valence-electron chi connectivity index (χ0n) is 11.3. The molecule has 0 aromatic heterocycles. The normalized spacial score (nSPS) is 11.1. The SMILES string of the molecule is Cc1ccc(C=CC=COC(=O)c2ccccc2)cc1. The topological polar surface area (TPSA) is 26.3 Å². The first-order valence-corrected chi connectivity index (χ1v) is 6.41. The monoisotopic (exact) mass is 264 g/mol. The summed E-state index contributed by atoms with van der Waals surface area (Å²) in [5.74, 6) is -0.356. The van der Waals surface area contributed by atoms with Gasteiger partial charge in [-0.1, -0.05) is 60.2 Å². The molecule has 2 aromatic carbocycles. The molecule has 0 heterocycles. The third kappa shape index (κ3) is 4.25. The van der Waals surface area contributed by atoms with Crippen LogP contribution in [0, 0.1) is 6.92 Å². The van der Waals surface area contributed by atoms with Crippen LogP contribution in [0.4, 0.5) is 0 Å². The summed E-state index contributed by atoms with van der Waals surface area (Å²) in [7, 11) is 0. The van der Waals surface area contributed by atoms with E-state index in [4.69, 9.17) is 4.74 Å². The average molecular weight is 264 g/mol. The summed E-state index contributed by atoms with van der Waals surface area (Å²) in [4.78, 5) is 11.6. The molecule has 0 fully saturated rings. The van der Waals surface area contributed by atoms with Gasteiger partial charge in [0.2, 0.25) is 0 Å². The Labute approximate surface area is 119 Å². The molecule has 20 heavy (non-hydrogen) atoms. The van der Waals surface area contributed by atoms with E-state index >= 15 is 0 Å². The second-order valence-corrected chi connectivity index (χ2v) is 4.37. The van der Waals surface area contributed by atoms with Gasteiger partial charge in [0.25, 0.3) is 0 Å². The van der Waals surface area contributed by atoms with E-state index < -0.39 is 0 Å². The molecule has 2 heteroatoms. The van der Waals surface area contributed by atoms with Crippen molar-refractivity contribution in [2.75, 3.05) is 0 Å². The second-order valence-electron chi connectivity index (χ2n) is 4.37. The fourth-order valence-electron chi connectivity index (χ4n) is 1.63. The number of allylic oxidation sites excluding steroid dienone is 2. The summed E-state index contributed by atoms with van der Waals surface area (Å²) in [6.07, 6.45) is 6.87. The molecular weight excluding hydrogens is 248 g/mol. The number of rotatable bonds is 4. The Morgan fingerprint density at radius 1 is 0.950 bits per heavy atom. The molecule has 0 N–H and O–H groups in total. The summed E-state index contributed by atoms with van der Waals surface area (Å²) in [5.41, 5.74) is 2.88. The van der Waals surface area contributed by atoms with Crippen LogP contribution in [0.2, 0.25) is 0 Å². The number of aryl methyl sites for hydroxylation is 1. The Morgan fingerprint density at radius 3 is 2.35 bits per heavy atom. The number of hydrogen-bond donors (Lipinski definition) is 0. The van der Waals surface area contributed by atoms with Gasteiger partial charge in [0.15, 0.2) is 0 Å². The van der Waals surface area contributed by atoms with Gasteiger partial charge >= 0.3 is 5.97 Å². The zero-order chi connectivity index (χ0) is 14.2. The molecule has 2 rings (SSSR count). The molecule has 0 atom stereocenters. The van der Waals surface area contributed by atoms with Gasteiger partial charge < -0.3 is 4.74 Å². The van der Waals surface area contributed by atoms with E-state index in [1.54, 1.807) is 30.3 Å². The molecule has 0 aliphatic rings. The van der Waals surface area contributed by atoms with Crippen molar-refractivity contribution >= 4 is 12.0 Å². The highest BCUT2D eigenvalue weighted by Crippen LogP contribution is 2.05. The minimum Gasteiger partial charge on any atom is -0.431 e. The summed E-state index contributed by atoms with van der Waals surface area (Å²) < 4.78 is 5.01. The van der Waals surface area contributed by atoms with E-state index in [0.29, 0.717) is 5.56 Å². The van der Waals surface area contributed by atoms with Crippen molar-refractivity contribution in [3.05, 3.63) is 89.7 Å². The minimum atomic E-state index is -0.356. The summed E-state index contributed by atoms with van der Waals surface area (Å²) in [6.45, 7) is 2.05. The fraction of sp³-hybridized carbons (Fsp3) is 0.0556. The minimum absolute atomic E-state index is 0.356. The van der Waals surface area contributed by atoms with Crippen molar-refractivity contribution in [2.45, 2.75) is 6.92 Å². The molecule has 0 spiro atoms. The van der Waals surface area contributed by atoms with Crippen LogP contribution in [0.5, 0.6) is 0 Å². The van der Waals surface area contributed by atoms with Crippen molar-refractivity contribution in [1.82, 2.24) is 0 Å². The van der Waals surface area contributed by atoms with Gasteiger partial charge in [0.05, 0.1) is 11.8 Å². The van der Waals surface area contributed by atoms with Crippen LogP contribution in [0.3, 0.4) is 0 Å². The highest BCUT2D eigenvalue weighted by Gasteiger charge is 2.02. The number of esters is 1. The third-order valence-corrected chi connectivity index (χ3v) is 2.74. The lowest BCUT2D eigenvalue weighted by molar-refractivity contribution is 0.0663. The lowest BCUT2D eigenvalue weighted by Gasteiger charge is -1.97. The van der Waals surface area contributed by atoms with Crippen LogP contribution in [-0.4, -0.2) is 5.97 Å². The summed E-state index contributed by atoms with van der Waals surface area (Å²) >= 11 is 0. The van der Waals surface area contributed by atoms with Gasteiger partial charge in [-0.25, -0.2) is 4.79 Å². The third-order valence-electron chi connectivity index (χ3n) is 2.74. The number of ether oxygens (including phenoxy) is 1. The van der Waals surface area contributed by atoms with E-state index in [9.17, 15) is 4.79 Å². The van der Waals surface area contributed by atoms with Gasteiger partial charge in [-0.2, -0.15) is 0 Å². The molecule has 0 amide bonds. The maximum absolute atomic E-state index is 11.6. The molecule has 0 bridgehead atoms. The van der Waals surface area contributed by atoms with Crippen LogP contribution >= 0.6 is 0 Å². The van der Waals surface area contributed by atoms with Crippen molar-refractivity contribution in [2.24, 2.45) is 0 Å². The van der Waals surface area contributed by atoms with E-state index in [0.717, 1.165) is 5.56 Å². The highest BCUT2D eigenvalue weighted by molar-refractivity contribution is 5.89. The van der Waals surface area contributed by atoms with Gasteiger partial charge in [-0.15, -0.1) is 0 Å². The molecule has 0 saturated heterocycles. The van der Waals surface area contributed by atoms with Gasteiger partial charge in [0.1, 0.15) is 0 Å². The first-order valence-electron chi connectivity index (χ1n) is 6.41. The molecule has 0 aliphatic carbocycles. The maximum atomic E-state index is 11.6. The van der Waals surface area contributed by atoms with Crippen molar-refractivity contribution < 1.29 is 9.53 Å². The smallest absolute Gasteiger partial charge is 0.342 e. The quantitative estimate of drug-likeness (QED) is 0.465. The van der Waals surface area contributed by atoms with Crippen LogP contribution in [0.1, 0.15) is 21.5 Å². The van der Waals surface area contributed by atoms with E-state index in [1.807, 2.05) is 30.4 Å². The van der Waals surface area contributed by atoms with Gasteiger partial charge in [-0.3, -0.25) is 0 Å². The standard InChI is InChI=1S/C18H16O2/c1-15-10-12-16(13-11-15)7-5-6-14-20-18(19)17-8-3-2-4-9-17/h2-14H,1H3. The van der Waals surface area contributed by atoms with Gasteiger partial charge in [0, 0.05) is 0 Å². The Balaban J connectivity index is 1.85. The zero-order valence-corrected chi connectivity index (χ0v) is 11.3. The Bertz CT molecular complexity index is 608. The van der Waals surface area contributed by atoms with Crippen LogP contribution in [0.25, 0.3) is 6.08 Å². The van der Waals surface area contributed by atoms with Crippen molar-refractivity contribution in [3.8, 4) is 0 Å². The largest absolute Gasteiger partial charge is 0.431 e. The highest BCUT2D eigenvalue weighted by atomic mass is 16.5. The Hall–Kier alpha value is -2.61. The number of carbonyl (C=O) groups is 1. The predicted octanol–water partition coefficient (Wildman–Crippen LogP) is 4.38. The number of carbonyl (C=O) groups excluding carboxylic acids is 1. The predicted molar refractivity (Wildman–Crippen MR) is 81.2 cm³/mol. The van der Waals surface area contributed by atoms with Gasteiger partial charge in [-0.05, 0) is 30.7 Å². The first kappa shape index (κ1) is 13.8. The lowest BCUT2D eigenvalue weighted by atomic mass is 10.1.